The lowest BCUT2D eigenvalue weighted by Crippen LogP contribution is -2.37. The molecule has 0 bridgehead atoms. The molecule has 0 unspecified atom stereocenters. The van der Waals surface area contributed by atoms with Crippen LogP contribution >= 0.6 is 11.8 Å². The number of urea groups is 1. The minimum absolute atomic E-state index is 0.0566. The number of benzene rings is 1. The van der Waals surface area contributed by atoms with Crippen molar-refractivity contribution in [1.29, 1.82) is 0 Å². The Morgan fingerprint density at radius 3 is 2.12 bits per heavy atom. The molecule has 0 radical (unpaired) electrons. The third-order valence-corrected chi connectivity index (χ3v) is 6.14. The van der Waals surface area contributed by atoms with E-state index < -0.39 is 12.0 Å². The molecule has 33 heavy (non-hydrogen) atoms. The molecule has 9 heteroatoms. The van der Waals surface area contributed by atoms with Crippen molar-refractivity contribution in [3.63, 3.8) is 0 Å². The molecule has 0 spiro atoms. The first-order chi connectivity index (χ1) is 15.9. The Morgan fingerprint density at radius 1 is 0.879 bits per heavy atom. The molecular formula is C24H39N3O5S. The Labute approximate surface area is 201 Å². The fourth-order valence-electron chi connectivity index (χ4n) is 3.25. The van der Waals surface area contributed by atoms with Gasteiger partial charge in [0, 0.05) is 18.8 Å². The minimum atomic E-state index is -1.29. The topological polar surface area (TPSA) is 128 Å². The highest BCUT2D eigenvalue weighted by molar-refractivity contribution is 7.99. The summed E-state index contributed by atoms with van der Waals surface area (Å²) in [5.74, 6) is -0.323. The summed E-state index contributed by atoms with van der Waals surface area (Å²) in [6.45, 7) is 2.79. The van der Waals surface area contributed by atoms with Gasteiger partial charge in [-0.05, 0) is 30.4 Å². The van der Waals surface area contributed by atoms with Crippen molar-refractivity contribution in [1.82, 2.24) is 10.6 Å². The van der Waals surface area contributed by atoms with E-state index in [9.17, 15) is 19.5 Å². The summed E-state index contributed by atoms with van der Waals surface area (Å²) in [4.78, 5) is 34.7. The number of carbonyl (C=O) groups is 3. The van der Waals surface area contributed by atoms with Crippen LogP contribution < -0.4 is 16.0 Å². The summed E-state index contributed by atoms with van der Waals surface area (Å²) in [5.41, 5.74) is -0.0505. The molecule has 5 N–H and O–H groups in total. The Morgan fingerprint density at radius 2 is 1.48 bits per heavy atom. The lowest BCUT2D eigenvalue weighted by molar-refractivity contribution is -0.118. The van der Waals surface area contributed by atoms with Gasteiger partial charge in [0.15, 0.2) is 0 Å². The van der Waals surface area contributed by atoms with Crippen LogP contribution in [0.3, 0.4) is 0 Å². The zero-order chi connectivity index (χ0) is 24.3. The highest BCUT2D eigenvalue weighted by Gasteiger charge is 2.11. The second kappa shape index (κ2) is 18.1. The number of carboxylic acid groups (broad SMARTS) is 1. The smallest absolute Gasteiger partial charge is 0.339 e. The van der Waals surface area contributed by atoms with Gasteiger partial charge in [0.25, 0.3) is 0 Å². The maximum absolute atomic E-state index is 11.9. The fraction of sp³-hybridized carbons (Fsp3) is 0.625. The lowest BCUT2D eigenvalue weighted by Gasteiger charge is -2.10. The van der Waals surface area contributed by atoms with Crippen LogP contribution in [0.25, 0.3) is 0 Å². The van der Waals surface area contributed by atoms with Crippen LogP contribution in [-0.2, 0) is 4.79 Å². The number of rotatable bonds is 18. The first kappa shape index (κ1) is 28.6. The van der Waals surface area contributed by atoms with Crippen LogP contribution in [0.1, 0.15) is 81.5 Å². The van der Waals surface area contributed by atoms with Crippen molar-refractivity contribution in [3.8, 4) is 5.75 Å². The van der Waals surface area contributed by atoms with E-state index in [1.807, 2.05) is 0 Å². The second-order valence-corrected chi connectivity index (χ2v) is 9.11. The summed E-state index contributed by atoms with van der Waals surface area (Å²) in [6.07, 6.45) is 13.0. The van der Waals surface area contributed by atoms with E-state index >= 15 is 0 Å². The molecule has 0 heterocycles. The SMILES string of the molecule is CCCCCCCCCCCCSCC(=O)NCCNC(=O)Nc1ccc(O)c(C(=O)O)c1. The van der Waals surface area contributed by atoms with Crippen molar-refractivity contribution in [2.45, 2.75) is 71.1 Å². The van der Waals surface area contributed by atoms with E-state index in [0.29, 0.717) is 12.3 Å². The normalized spacial score (nSPS) is 10.6. The van der Waals surface area contributed by atoms with Crippen LogP contribution in [0, 0.1) is 0 Å². The molecule has 0 aliphatic heterocycles. The molecule has 0 fully saturated rings. The number of unbranched alkanes of at least 4 members (excludes halogenated alkanes) is 9. The number of aromatic carboxylic acids is 1. The highest BCUT2D eigenvalue weighted by atomic mass is 32.2. The Balaban J connectivity index is 1.99. The second-order valence-electron chi connectivity index (χ2n) is 8.00. The summed E-state index contributed by atoms with van der Waals surface area (Å²) in [6, 6.07) is 3.24. The van der Waals surface area contributed by atoms with Crippen molar-refractivity contribution < 1.29 is 24.6 Å². The van der Waals surface area contributed by atoms with Gasteiger partial charge in [0.05, 0.1) is 5.75 Å². The third kappa shape index (κ3) is 14.4. The van der Waals surface area contributed by atoms with Crippen LogP contribution in [0.4, 0.5) is 10.5 Å². The van der Waals surface area contributed by atoms with E-state index in [-0.39, 0.29) is 29.5 Å². The number of hydrogen-bond acceptors (Lipinski definition) is 5. The molecule has 0 saturated carbocycles. The number of phenols is 1. The van der Waals surface area contributed by atoms with E-state index in [4.69, 9.17) is 5.11 Å². The van der Waals surface area contributed by atoms with Crippen molar-refractivity contribution >= 4 is 35.4 Å². The molecule has 0 aromatic heterocycles. The average Bonchev–Trinajstić information content (AvgIpc) is 2.78. The molecule has 1 aromatic rings. The lowest BCUT2D eigenvalue weighted by atomic mass is 10.1. The number of amides is 3. The molecular weight excluding hydrogens is 442 g/mol. The number of carbonyl (C=O) groups excluding carboxylic acids is 2. The molecule has 0 aliphatic rings. The molecule has 3 amide bonds. The molecule has 0 saturated heterocycles. The maximum Gasteiger partial charge on any atom is 0.339 e. The highest BCUT2D eigenvalue weighted by Crippen LogP contribution is 2.21. The fourth-order valence-corrected chi connectivity index (χ4v) is 4.09. The van der Waals surface area contributed by atoms with Crippen LogP contribution in [-0.4, -0.2) is 52.7 Å². The van der Waals surface area contributed by atoms with Crippen molar-refractivity contribution in [2.24, 2.45) is 0 Å². The molecule has 1 aromatic carbocycles. The first-order valence-electron chi connectivity index (χ1n) is 11.9. The molecule has 186 valence electrons. The molecule has 0 aliphatic carbocycles. The van der Waals surface area contributed by atoms with Gasteiger partial charge in [-0.3, -0.25) is 4.79 Å². The van der Waals surface area contributed by atoms with E-state index in [1.165, 1.54) is 76.0 Å². The zero-order valence-corrected chi connectivity index (χ0v) is 20.5. The van der Waals surface area contributed by atoms with E-state index in [1.54, 1.807) is 11.8 Å². The van der Waals surface area contributed by atoms with Gasteiger partial charge < -0.3 is 26.2 Å². The predicted octanol–water partition coefficient (Wildman–Crippen LogP) is 4.98. The van der Waals surface area contributed by atoms with Crippen LogP contribution in [0.2, 0.25) is 0 Å². The van der Waals surface area contributed by atoms with Gasteiger partial charge in [0.1, 0.15) is 11.3 Å². The summed E-state index contributed by atoms with van der Waals surface area (Å²) >= 11 is 1.63. The van der Waals surface area contributed by atoms with Gasteiger partial charge in [0.2, 0.25) is 5.91 Å². The van der Waals surface area contributed by atoms with Gasteiger partial charge >= 0.3 is 12.0 Å². The maximum atomic E-state index is 11.9. The molecule has 0 atom stereocenters. The standard InChI is InChI=1S/C24H39N3O5S/c1-2-3-4-5-6-7-8-9-10-11-16-33-18-22(29)25-14-15-26-24(32)27-19-12-13-21(28)20(17-19)23(30)31/h12-13,17,28H,2-11,14-16,18H2,1H3,(H,25,29)(H,30,31)(H2,26,27,32). The monoisotopic (exact) mass is 481 g/mol. The van der Waals surface area contributed by atoms with Gasteiger partial charge in [-0.1, -0.05) is 64.7 Å². The third-order valence-electron chi connectivity index (χ3n) is 5.09. The predicted molar refractivity (Wildman–Crippen MR) is 134 cm³/mol. The quantitative estimate of drug-likeness (QED) is 0.149. The van der Waals surface area contributed by atoms with E-state index in [2.05, 4.69) is 22.9 Å². The Kier molecular flexibility index (Phi) is 15.7. The number of carboxylic acids is 1. The van der Waals surface area contributed by atoms with Gasteiger partial charge in [-0.25, -0.2) is 9.59 Å². The van der Waals surface area contributed by atoms with Gasteiger partial charge in [-0.15, -0.1) is 0 Å². The Bertz CT molecular complexity index is 730. The Hall–Kier alpha value is -2.42. The number of nitrogens with one attached hydrogen (secondary N) is 3. The number of thioether (sulfide) groups is 1. The summed E-state index contributed by atoms with van der Waals surface area (Å²) < 4.78 is 0. The largest absolute Gasteiger partial charge is 0.507 e. The van der Waals surface area contributed by atoms with E-state index in [0.717, 1.165) is 12.2 Å². The van der Waals surface area contributed by atoms with Crippen molar-refractivity contribution in [2.75, 3.05) is 29.9 Å². The molecule has 8 nitrogen and oxygen atoms in total. The van der Waals surface area contributed by atoms with Crippen molar-refractivity contribution in [3.05, 3.63) is 23.8 Å². The molecule has 1 rings (SSSR count). The number of anilines is 1. The number of aromatic hydroxyl groups is 1. The summed E-state index contributed by atoms with van der Waals surface area (Å²) in [5, 5.41) is 26.3. The zero-order valence-electron chi connectivity index (χ0n) is 19.7. The minimum Gasteiger partial charge on any atom is -0.507 e. The van der Waals surface area contributed by atoms with Crippen LogP contribution in [0.5, 0.6) is 5.75 Å². The van der Waals surface area contributed by atoms with Gasteiger partial charge in [-0.2, -0.15) is 11.8 Å². The first-order valence-corrected chi connectivity index (χ1v) is 13.0. The number of hydrogen-bond donors (Lipinski definition) is 5. The average molecular weight is 482 g/mol. The van der Waals surface area contributed by atoms with Crippen LogP contribution in [0.15, 0.2) is 18.2 Å². The summed E-state index contributed by atoms with van der Waals surface area (Å²) in [7, 11) is 0.